The lowest BCUT2D eigenvalue weighted by molar-refractivity contribution is -0.118. The lowest BCUT2D eigenvalue weighted by Gasteiger charge is -2.09. The van der Waals surface area contributed by atoms with Gasteiger partial charge in [0.1, 0.15) is 5.00 Å². The SMILES string of the molecule is Cc1sc(NC(=O)C2C(C)(C)C2(C)C)c(C(=O)NC2CC2)c1C. The topological polar surface area (TPSA) is 58.2 Å². The zero-order valence-corrected chi connectivity index (χ0v) is 15.6. The Labute approximate surface area is 142 Å². The number of hydrogen-bond acceptors (Lipinski definition) is 3. The molecule has 1 aromatic rings. The molecule has 0 radical (unpaired) electrons. The molecule has 126 valence electrons. The van der Waals surface area contributed by atoms with Crippen molar-refractivity contribution in [3.8, 4) is 0 Å². The van der Waals surface area contributed by atoms with E-state index in [9.17, 15) is 9.59 Å². The van der Waals surface area contributed by atoms with Crippen LogP contribution in [0, 0.1) is 30.6 Å². The second-order valence-corrected chi connectivity index (χ2v) is 9.33. The third kappa shape index (κ3) is 2.59. The minimum Gasteiger partial charge on any atom is -0.349 e. The van der Waals surface area contributed by atoms with E-state index in [1.54, 1.807) is 0 Å². The maximum atomic E-state index is 12.7. The molecule has 2 fully saturated rings. The second-order valence-electron chi connectivity index (χ2n) is 8.10. The average molecular weight is 334 g/mol. The van der Waals surface area contributed by atoms with Crippen LogP contribution in [0.3, 0.4) is 0 Å². The van der Waals surface area contributed by atoms with Gasteiger partial charge in [-0.3, -0.25) is 9.59 Å². The summed E-state index contributed by atoms with van der Waals surface area (Å²) in [6.07, 6.45) is 2.11. The Morgan fingerprint density at radius 2 is 1.65 bits per heavy atom. The van der Waals surface area contributed by atoms with E-state index in [2.05, 4.69) is 38.3 Å². The summed E-state index contributed by atoms with van der Waals surface area (Å²) in [5, 5.41) is 6.77. The number of hydrogen-bond donors (Lipinski definition) is 2. The molecule has 2 N–H and O–H groups in total. The molecule has 0 bridgehead atoms. The van der Waals surface area contributed by atoms with E-state index in [0.29, 0.717) is 16.6 Å². The summed E-state index contributed by atoms with van der Waals surface area (Å²) in [5.74, 6) is -0.0438. The highest BCUT2D eigenvalue weighted by atomic mass is 32.1. The van der Waals surface area contributed by atoms with Crippen molar-refractivity contribution in [2.24, 2.45) is 16.7 Å². The number of carbonyl (C=O) groups excluding carboxylic acids is 2. The summed E-state index contributed by atoms with van der Waals surface area (Å²) in [5.41, 5.74) is 1.60. The minimum atomic E-state index is -0.0565. The molecule has 0 aromatic carbocycles. The first-order valence-corrected chi connectivity index (χ1v) is 9.10. The van der Waals surface area contributed by atoms with Gasteiger partial charge < -0.3 is 10.6 Å². The van der Waals surface area contributed by atoms with Gasteiger partial charge in [0, 0.05) is 16.8 Å². The second kappa shape index (κ2) is 5.07. The number of amides is 2. The van der Waals surface area contributed by atoms with E-state index in [0.717, 1.165) is 23.3 Å². The highest BCUT2D eigenvalue weighted by molar-refractivity contribution is 7.16. The third-order valence-electron chi connectivity index (χ3n) is 6.04. The molecule has 0 spiro atoms. The van der Waals surface area contributed by atoms with Crippen molar-refractivity contribution in [1.82, 2.24) is 5.32 Å². The Bertz CT molecular complexity index is 669. The smallest absolute Gasteiger partial charge is 0.254 e. The van der Waals surface area contributed by atoms with E-state index in [4.69, 9.17) is 0 Å². The summed E-state index contributed by atoms with van der Waals surface area (Å²) >= 11 is 1.50. The Kier molecular flexibility index (Phi) is 3.63. The standard InChI is InChI=1S/C18H26N2O2S/c1-9-10(2)23-16(12(9)14(21)19-11-7-8-11)20-15(22)13-17(3,4)18(13,5)6/h11,13H,7-8H2,1-6H3,(H,19,21)(H,20,22). The number of rotatable bonds is 4. The molecule has 2 aliphatic carbocycles. The fourth-order valence-corrected chi connectivity index (χ4v) is 4.57. The van der Waals surface area contributed by atoms with Crippen molar-refractivity contribution in [1.29, 1.82) is 0 Å². The van der Waals surface area contributed by atoms with Gasteiger partial charge in [-0.1, -0.05) is 27.7 Å². The molecule has 1 heterocycles. The summed E-state index contributed by atoms with van der Waals surface area (Å²) < 4.78 is 0. The van der Waals surface area contributed by atoms with Crippen molar-refractivity contribution in [2.45, 2.75) is 60.4 Å². The van der Waals surface area contributed by atoms with Crippen molar-refractivity contribution in [2.75, 3.05) is 5.32 Å². The van der Waals surface area contributed by atoms with Crippen LogP contribution in [0.4, 0.5) is 5.00 Å². The maximum absolute atomic E-state index is 12.7. The quantitative estimate of drug-likeness (QED) is 0.878. The summed E-state index contributed by atoms with van der Waals surface area (Å²) in [6, 6.07) is 0.312. The molecule has 2 aliphatic rings. The van der Waals surface area contributed by atoms with Crippen LogP contribution < -0.4 is 10.6 Å². The van der Waals surface area contributed by atoms with Gasteiger partial charge >= 0.3 is 0 Å². The van der Waals surface area contributed by atoms with Gasteiger partial charge in [-0.15, -0.1) is 11.3 Å². The van der Waals surface area contributed by atoms with Crippen molar-refractivity contribution in [3.63, 3.8) is 0 Å². The van der Waals surface area contributed by atoms with E-state index in [-0.39, 0.29) is 28.6 Å². The van der Waals surface area contributed by atoms with Crippen LogP contribution in [-0.4, -0.2) is 17.9 Å². The maximum Gasteiger partial charge on any atom is 0.254 e. The van der Waals surface area contributed by atoms with Gasteiger partial charge in [0.2, 0.25) is 5.91 Å². The van der Waals surface area contributed by atoms with E-state index < -0.39 is 0 Å². The number of anilines is 1. The predicted molar refractivity (Wildman–Crippen MR) is 94.0 cm³/mol. The fourth-order valence-electron chi connectivity index (χ4n) is 3.51. The van der Waals surface area contributed by atoms with Crippen LogP contribution >= 0.6 is 11.3 Å². The molecular formula is C18H26N2O2S. The van der Waals surface area contributed by atoms with E-state index in [1.807, 2.05) is 13.8 Å². The Hall–Kier alpha value is -1.36. The van der Waals surface area contributed by atoms with Crippen molar-refractivity contribution in [3.05, 3.63) is 16.0 Å². The minimum absolute atomic E-state index is 0.00509. The zero-order chi connectivity index (χ0) is 17.2. The van der Waals surface area contributed by atoms with Crippen LogP contribution in [-0.2, 0) is 4.79 Å². The predicted octanol–water partition coefficient (Wildman–Crippen LogP) is 3.88. The van der Waals surface area contributed by atoms with Crippen molar-refractivity contribution >= 4 is 28.2 Å². The third-order valence-corrected chi connectivity index (χ3v) is 7.17. The van der Waals surface area contributed by atoms with Gasteiger partial charge in [0.05, 0.1) is 5.56 Å². The van der Waals surface area contributed by atoms with Gasteiger partial charge in [0.25, 0.3) is 5.91 Å². The highest BCUT2D eigenvalue weighted by Crippen LogP contribution is 2.68. The van der Waals surface area contributed by atoms with Gasteiger partial charge in [-0.05, 0) is 43.1 Å². The fraction of sp³-hybridized carbons (Fsp3) is 0.667. The Morgan fingerprint density at radius 1 is 1.09 bits per heavy atom. The first kappa shape index (κ1) is 16.5. The molecule has 0 atom stereocenters. The molecule has 0 unspecified atom stereocenters. The van der Waals surface area contributed by atoms with Crippen LogP contribution in [0.5, 0.6) is 0 Å². The van der Waals surface area contributed by atoms with Crippen LogP contribution in [0.1, 0.15) is 61.3 Å². The Morgan fingerprint density at radius 3 is 2.13 bits per heavy atom. The molecule has 0 aliphatic heterocycles. The molecule has 4 nitrogen and oxygen atoms in total. The number of aryl methyl sites for hydroxylation is 1. The molecule has 23 heavy (non-hydrogen) atoms. The lowest BCUT2D eigenvalue weighted by atomic mass is 10.0. The molecule has 2 amide bonds. The Balaban J connectivity index is 1.82. The average Bonchev–Trinajstić information content (AvgIpc) is 3.24. The normalized spacial score (nSPS) is 21.8. The van der Waals surface area contributed by atoms with E-state index in [1.165, 1.54) is 11.3 Å². The number of carbonyl (C=O) groups is 2. The largest absolute Gasteiger partial charge is 0.349 e. The van der Waals surface area contributed by atoms with Crippen LogP contribution in [0.25, 0.3) is 0 Å². The summed E-state index contributed by atoms with van der Waals surface area (Å²) in [4.78, 5) is 26.3. The lowest BCUT2D eigenvalue weighted by Crippen LogP contribution is -2.27. The van der Waals surface area contributed by atoms with Crippen LogP contribution in [0.15, 0.2) is 0 Å². The molecule has 5 heteroatoms. The highest BCUT2D eigenvalue weighted by Gasteiger charge is 2.68. The van der Waals surface area contributed by atoms with Crippen LogP contribution in [0.2, 0.25) is 0 Å². The van der Waals surface area contributed by atoms with Gasteiger partial charge in [0.15, 0.2) is 0 Å². The summed E-state index contributed by atoms with van der Waals surface area (Å²) in [6.45, 7) is 12.5. The molecule has 2 saturated carbocycles. The molecule has 0 saturated heterocycles. The van der Waals surface area contributed by atoms with E-state index >= 15 is 0 Å². The molecule has 3 rings (SSSR count). The number of thiophene rings is 1. The zero-order valence-electron chi connectivity index (χ0n) is 14.8. The summed E-state index contributed by atoms with van der Waals surface area (Å²) in [7, 11) is 0. The molecule has 1 aromatic heterocycles. The first-order chi connectivity index (χ1) is 10.6. The van der Waals surface area contributed by atoms with Gasteiger partial charge in [-0.2, -0.15) is 0 Å². The molecular weight excluding hydrogens is 308 g/mol. The van der Waals surface area contributed by atoms with Gasteiger partial charge in [-0.25, -0.2) is 0 Å². The van der Waals surface area contributed by atoms with Crippen molar-refractivity contribution < 1.29 is 9.59 Å². The monoisotopic (exact) mass is 334 g/mol. The number of nitrogens with one attached hydrogen (secondary N) is 2. The first-order valence-electron chi connectivity index (χ1n) is 8.29.